The number of carbonyl (C=O) groups excluding carboxylic acids is 1. The molecule has 1 saturated carbocycles. The number of fused-ring (bicyclic) bond motifs is 1. The first-order valence-corrected chi connectivity index (χ1v) is 12.2. The van der Waals surface area contributed by atoms with Crippen molar-refractivity contribution in [1.29, 1.82) is 5.41 Å². The molecule has 0 atom stereocenters. The van der Waals surface area contributed by atoms with E-state index in [9.17, 15) is 4.79 Å². The molecule has 1 N–H and O–H groups in total. The zero-order valence-corrected chi connectivity index (χ0v) is 20.8. The van der Waals surface area contributed by atoms with E-state index in [-0.39, 0.29) is 29.5 Å². The molecule has 1 aliphatic rings. The minimum Gasteiger partial charge on any atom is -0.493 e. The summed E-state index contributed by atoms with van der Waals surface area (Å²) in [6.07, 6.45) is 4.25. The lowest BCUT2D eigenvalue weighted by atomic mass is 9.85. The molecule has 1 fully saturated rings. The maximum absolute atomic E-state index is 13.3. The molecule has 0 aliphatic heterocycles. The first-order chi connectivity index (χ1) is 16.2. The van der Waals surface area contributed by atoms with Gasteiger partial charge in [-0.15, -0.1) is 0 Å². The second-order valence-corrected chi connectivity index (χ2v) is 10.2. The molecule has 8 heteroatoms. The van der Waals surface area contributed by atoms with Crippen molar-refractivity contribution in [3.05, 3.63) is 47.1 Å². The number of ether oxygens (including phenoxy) is 2. The summed E-state index contributed by atoms with van der Waals surface area (Å²) in [6, 6.07) is 9.34. The normalized spacial score (nSPS) is 14.1. The van der Waals surface area contributed by atoms with Gasteiger partial charge in [-0.1, -0.05) is 39.1 Å². The average molecular weight is 466 g/mol. The zero-order valence-electron chi connectivity index (χ0n) is 20.8. The molecule has 2 aromatic heterocycles. The molecule has 8 nitrogen and oxygen atoms in total. The quantitative estimate of drug-likeness (QED) is 0.365. The molecular weight excluding hydrogens is 430 g/mol. The predicted octanol–water partition coefficient (Wildman–Crippen LogP) is 3.60. The largest absolute Gasteiger partial charge is 0.493 e. The van der Waals surface area contributed by atoms with Gasteiger partial charge in [0.25, 0.3) is 5.88 Å². The summed E-state index contributed by atoms with van der Waals surface area (Å²) in [5.74, 6) is 1.71. The molecule has 0 spiro atoms. The number of aromatic nitrogens is 4. The summed E-state index contributed by atoms with van der Waals surface area (Å²) < 4.78 is 14.8. The number of Topliss-reactive ketones (excluding diaryl/α,β-unsaturated/α-hetero) is 1. The predicted molar refractivity (Wildman–Crippen MR) is 127 cm³/mol. The van der Waals surface area contributed by atoms with Gasteiger partial charge in [0, 0.05) is 17.7 Å². The lowest BCUT2D eigenvalue weighted by Crippen LogP contribution is -2.43. The van der Waals surface area contributed by atoms with Crippen LogP contribution in [0.15, 0.2) is 30.3 Å². The number of nitrogens with one attached hydrogen (secondary N) is 1. The van der Waals surface area contributed by atoms with Crippen LogP contribution in [0.5, 0.6) is 11.6 Å². The van der Waals surface area contributed by atoms with E-state index >= 15 is 0 Å². The van der Waals surface area contributed by atoms with Gasteiger partial charge in [0.2, 0.25) is 11.4 Å². The van der Waals surface area contributed by atoms with E-state index in [4.69, 9.17) is 14.9 Å². The van der Waals surface area contributed by atoms with Crippen LogP contribution in [-0.4, -0.2) is 28.1 Å². The van der Waals surface area contributed by atoms with Crippen LogP contribution in [0.2, 0.25) is 0 Å². The van der Waals surface area contributed by atoms with Crippen LogP contribution in [0.3, 0.4) is 0 Å². The van der Waals surface area contributed by atoms with Gasteiger partial charge < -0.3 is 14.9 Å². The van der Waals surface area contributed by atoms with Gasteiger partial charge >= 0.3 is 5.65 Å². The van der Waals surface area contributed by atoms with E-state index in [1.54, 1.807) is 12.1 Å². The third-order valence-electron chi connectivity index (χ3n) is 6.24. The first-order valence-electron chi connectivity index (χ1n) is 12.2. The van der Waals surface area contributed by atoms with Crippen molar-refractivity contribution in [2.45, 2.75) is 78.4 Å². The highest BCUT2D eigenvalue weighted by Crippen LogP contribution is 2.32. The standard InChI is InChI=1S/C26H35N5O3/c1-6-20(7-2)34-23-10-11-24-30(29-25(27)31(24)28-23)15-22(32)18-12-19(26(3,4)5)14-21(13-18)33-16-17-8-9-17/h10-14,17,20,27H,6-9,15-16H2,1-5H3. The fourth-order valence-electron chi connectivity index (χ4n) is 3.77. The summed E-state index contributed by atoms with van der Waals surface area (Å²) in [4.78, 5) is 13.3. The highest BCUT2D eigenvalue weighted by atomic mass is 16.5. The average Bonchev–Trinajstić information content (AvgIpc) is 3.59. The Morgan fingerprint density at radius 2 is 1.97 bits per heavy atom. The van der Waals surface area contributed by atoms with Crippen molar-refractivity contribution < 1.29 is 19.0 Å². The summed E-state index contributed by atoms with van der Waals surface area (Å²) in [5, 5.41) is 16.9. The molecule has 3 aromatic rings. The van der Waals surface area contributed by atoms with E-state index in [2.05, 4.69) is 44.8 Å². The number of hydrogen-bond donors (Lipinski definition) is 1. The smallest absolute Gasteiger partial charge is 0.317 e. The Balaban J connectivity index is 1.59. The Kier molecular flexibility index (Phi) is 6.77. The number of benzene rings is 1. The Hall–Kier alpha value is -3.16. The first kappa shape index (κ1) is 24.0. The van der Waals surface area contributed by atoms with Crippen LogP contribution < -0.4 is 24.9 Å². The van der Waals surface area contributed by atoms with Crippen molar-refractivity contribution >= 4 is 11.4 Å². The fourth-order valence-corrected chi connectivity index (χ4v) is 3.77. The summed E-state index contributed by atoms with van der Waals surface area (Å²) in [5.41, 5.74) is 2.03. The Morgan fingerprint density at radius 3 is 2.62 bits per heavy atom. The van der Waals surface area contributed by atoms with Crippen LogP contribution in [0.1, 0.15) is 76.2 Å². The maximum atomic E-state index is 13.3. The highest BCUT2D eigenvalue weighted by Gasteiger charge is 2.24. The SMILES string of the molecule is CCC(CC)Oc1ccc2n(n1)c(=N)[n-][n+]2CC(=O)c1cc(OCC2CC2)cc(C(C)(C)C)c1. The topological polar surface area (TPSA) is 94.7 Å². The summed E-state index contributed by atoms with van der Waals surface area (Å²) >= 11 is 0. The van der Waals surface area contributed by atoms with Crippen molar-refractivity contribution in [2.24, 2.45) is 5.92 Å². The Morgan fingerprint density at radius 1 is 1.24 bits per heavy atom. The van der Waals surface area contributed by atoms with Crippen LogP contribution in [-0.2, 0) is 12.0 Å². The summed E-state index contributed by atoms with van der Waals surface area (Å²) in [7, 11) is 0. The molecule has 0 unspecified atom stereocenters. The molecule has 2 heterocycles. The second kappa shape index (κ2) is 9.60. The van der Waals surface area contributed by atoms with Crippen LogP contribution in [0, 0.1) is 11.3 Å². The van der Waals surface area contributed by atoms with E-state index in [1.165, 1.54) is 22.0 Å². The Bertz CT molecular complexity index is 1230. The van der Waals surface area contributed by atoms with Crippen molar-refractivity contribution in [3.63, 3.8) is 0 Å². The number of ketones is 1. The molecule has 1 aliphatic carbocycles. The van der Waals surface area contributed by atoms with Crippen LogP contribution in [0.4, 0.5) is 0 Å². The minimum atomic E-state index is -0.119. The van der Waals surface area contributed by atoms with E-state index in [0.29, 0.717) is 29.6 Å². The molecule has 0 bridgehead atoms. The van der Waals surface area contributed by atoms with Gasteiger partial charge in [-0.3, -0.25) is 4.79 Å². The fraction of sp³-hybridized carbons (Fsp3) is 0.538. The van der Waals surface area contributed by atoms with Crippen molar-refractivity contribution in [1.82, 2.24) is 14.7 Å². The molecule has 0 amide bonds. The number of rotatable bonds is 10. The lowest BCUT2D eigenvalue weighted by molar-refractivity contribution is -0.721. The monoisotopic (exact) mass is 465 g/mol. The molecule has 4 rings (SSSR count). The van der Waals surface area contributed by atoms with Crippen LogP contribution >= 0.6 is 0 Å². The Labute approximate surface area is 200 Å². The number of carbonyl (C=O) groups is 1. The van der Waals surface area contributed by atoms with Crippen LogP contribution in [0.25, 0.3) is 5.65 Å². The second-order valence-electron chi connectivity index (χ2n) is 10.2. The van der Waals surface area contributed by atoms with Gasteiger partial charge in [-0.2, -0.15) is 9.78 Å². The molecule has 0 saturated heterocycles. The van der Waals surface area contributed by atoms with Gasteiger partial charge in [-0.25, -0.2) is 0 Å². The maximum Gasteiger partial charge on any atom is 0.317 e. The molecular formula is C26H35N5O3. The minimum absolute atomic E-state index is 0.00642. The van der Waals surface area contributed by atoms with Gasteiger partial charge in [0.05, 0.1) is 6.61 Å². The highest BCUT2D eigenvalue weighted by molar-refractivity contribution is 5.95. The molecule has 1 aromatic carbocycles. The third kappa shape index (κ3) is 5.48. The van der Waals surface area contributed by atoms with E-state index in [1.807, 2.05) is 18.2 Å². The number of nitrogens with zero attached hydrogens (tertiary/aromatic N) is 4. The van der Waals surface area contributed by atoms with Gasteiger partial charge in [-0.05, 0) is 65.9 Å². The molecule has 182 valence electrons. The summed E-state index contributed by atoms with van der Waals surface area (Å²) in [6.45, 7) is 11.2. The van der Waals surface area contributed by atoms with Crippen molar-refractivity contribution in [3.8, 4) is 11.6 Å². The van der Waals surface area contributed by atoms with Crippen molar-refractivity contribution in [2.75, 3.05) is 6.61 Å². The van der Waals surface area contributed by atoms with E-state index < -0.39 is 0 Å². The van der Waals surface area contributed by atoms with E-state index in [0.717, 1.165) is 24.2 Å². The zero-order chi connectivity index (χ0) is 24.5. The lowest BCUT2D eigenvalue weighted by Gasteiger charge is -2.21. The number of hydrogen-bond acceptors (Lipinski definition) is 5. The molecule has 0 radical (unpaired) electrons. The van der Waals surface area contributed by atoms with Gasteiger partial charge in [0.1, 0.15) is 11.9 Å². The third-order valence-corrected chi connectivity index (χ3v) is 6.24. The van der Waals surface area contributed by atoms with Gasteiger partial charge in [0.15, 0.2) is 6.54 Å². The molecule has 34 heavy (non-hydrogen) atoms.